The van der Waals surface area contributed by atoms with Crippen molar-refractivity contribution in [2.75, 3.05) is 7.11 Å². The van der Waals surface area contributed by atoms with Crippen molar-refractivity contribution in [3.63, 3.8) is 0 Å². The minimum atomic E-state index is -0.784. The molecule has 0 spiro atoms. The molecule has 162 valence electrons. The standard InChI is InChI=1S/C26H25N3O3/c1-31-21-14-12-19(13-15-21)22-16-28-25(29-22)23(24(27)20-10-6-3-7-11-20)26(30)32-17-18-8-4-2-5-9-18/h2-16,23-24H,17,27H2,1H3,(H,28,29)/t23-,24?/m0/s1. The van der Waals surface area contributed by atoms with Crippen LogP contribution in [0.5, 0.6) is 5.75 Å². The van der Waals surface area contributed by atoms with Gasteiger partial charge in [0, 0.05) is 0 Å². The van der Waals surface area contributed by atoms with Crippen LogP contribution in [0, 0.1) is 0 Å². The molecule has 0 saturated heterocycles. The number of aromatic nitrogens is 2. The van der Waals surface area contributed by atoms with Gasteiger partial charge in [-0.1, -0.05) is 60.7 Å². The highest BCUT2D eigenvalue weighted by atomic mass is 16.5. The number of imidazole rings is 1. The first kappa shape index (κ1) is 21.3. The van der Waals surface area contributed by atoms with Gasteiger partial charge >= 0.3 is 5.97 Å². The summed E-state index contributed by atoms with van der Waals surface area (Å²) in [5.41, 5.74) is 9.99. The number of esters is 1. The minimum absolute atomic E-state index is 0.170. The Morgan fingerprint density at radius 1 is 0.969 bits per heavy atom. The van der Waals surface area contributed by atoms with E-state index in [9.17, 15) is 4.79 Å². The van der Waals surface area contributed by atoms with Crippen LogP contribution in [-0.2, 0) is 16.1 Å². The van der Waals surface area contributed by atoms with E-state index in [4.69, 9.17) is 15.2 Å². The lowest BCUT2D eigenvalue weighted by atomic mass is 9.93. The summed E-state index contributed by atoms with van der Waals surface area (Å²) >= 11 is 0. The third kappa shape index (κ3) is 4.87. The Labute approximate surface area is 187 Å². The van der Waals surface area contributed by atoms with Crippen molar-refractivity contribution in [3.05, 3.63) is 108 Å². The number of hydrogen-bond donors (Lipinski definition) is 2. The second-order valence-electron chi connectivity index (χ2n) is 7.42. The van der Waals surface area contributed by atoms with Gasteiger partial charge in [-0.15, -0.1) is 0 Å². The monoisotopic (exact) mass is 427 g/mol. The zero-order valence-corrected chi connectivity index (χ0v) is 17.8. The van der Waals surface area contributed by atoms with Crippen molar-refractivity contribution in [1.29, 1.82) is 0 Å². The number of nitrogens with two attached hydrogens (primary N) is 1. The molecule has 0 aliphatic heterocycles. The Bertz CT molecular complexity index is 1140. The molecule has 1 unspecified atom stereocenters. The summed E-state index contributed by atoms with van der Waals surface area (Å²) in [6, 6.07) is 26.0. The molecule has 1 aromatic heterocycles. The zero-order chi connectivity index (χ0) is 22.3. The normalized spacial score (nSPS) is 12.7. The molecule has 32 heavy (non-hydrogen) atoms. The summed E-state index contributed by atoms with van der Waals surface area (Å²) in [6.07, 6.45) is 1.70. The van der Waals surface area contributed by atoms with Gasteiger partial charge in [0.05, 0.1) is 25.0 Å². The molecule has 3 aromatic carbocycles. The lowest BCUT2D eigenvalue weighted by Crippen LogP contribution is -2.29. The first-order valence-electron chi connectivity index (χ1n) is 10.4. The Morgan fingerprint density at radius 2 is 1.62 bits per heavy atom. The van der Waals surface area contributed by atoms with Gasteiger partial charge in [-0.05, 0) is 41.0 Å². The Kier molecular flexibility index (Phi) is 6.63. The molecule has 6 heteroatoms. The van der Waals surface area contributed by atoms with Crippen LogP contribution >= 0.6 is 0 Å². The summed E-state index contributed by atoms with van der Waals surface area (Å²) in [4.78, 5) is 20.9. The van der Waals surface area contributed by atoms with Gasteiger partial charge in [-0.2, -0.15) is 0 Å². The van der Waals surface area contributed by atoms with Gasteiger partial charge in [0.15, 0.2) is 0 Å². The Morgan fingerprint density at radius 3 is 2.28 bits per heavy atom. The fraction of sp³-hybridized carbons (Fsp3) is 0.154. The van der Waals surface area contributed by atoms with E-state index in [0.29, 0.717) is 5.82 Å². The molecular formula is C26H25N3O3. The smallest absolute Gasteiger partial charge is 0.318 e. The number of hydrogen-bond acceptors (Lipinski definition) is 5. The number of rotatable bonds is 8. The Hall–Kier alpha value is -3.90. The SMILES string of the molecule is COc1ccc(-c2cnc([C@@H](C(=O)OCc3ccccc3)C(N)c3ccccc3)[nH]2)cc1. The predicted octanol–water partition coefficient (Wildman–Crippen LogP) is 4.61. The van der Waals surface area contributed by atoms with E-state index < -0.39 is 17.9 Å². The predicted molar refractivity (Wildman–Crippen MR) is 123 cm³/mol. The minimum Gasteiger partial charge on any atom is -0.497 e. The molecule has 0 fully saturated rings. The van der Waals surface area contributed by atoms with Crippen LogP contribution in [-0.4, -0.2) is 23.0 Å². The van der Waals surface area contributed by atoms with E-state index in [1.165, 1.54) is 0 Å². The topological polar surface area (TPSA) is 90.2 Å². The molecule has 0 bridgehead atoms. The third-order valence-electron chi connectivity index (χ3n) is 5.31. The maximum Gasteiger partial charge on any atom is 0.318 e. The van der Waals surface area contributed by atoms with E-state index in [0.717, 1.165) is 28.1 Å². The number of ether oxygens (including phenoxy) is 2. The molecular weight excluding hydrogens is 402 g/mol. The second kappa shape index (κ2) is 9.94. The third-order valence-corrected chi connectivity index (χ3v) is 5.31. The van der Waals surface area contributed by atoms with Gasteiger partial charge in [-0.3, -0.25) is 4.79 Å². The zero-order valence-electron chi connectivity index (χ0n) is 17.8. The van der Waals surface area contributed by atoms with E-state index in [1.54, 1.807) is 13.3 Å². The molecule has 0 aliphatic carbocycles. The van der Waals surface area contributed by atoms with Gasteiger partial charge in [0.1, 0.15) is 24.1 Å². The van der Waals surface area contributed by atoms with E-state index in [2.05, 4.69) is 9.97 Å². The van der Waals surface area contributed by atoms with Gasteiger partial charge < -0.3 is 20.2 Å². The van der Waals surface area contributed by atoms with Crippen molar-refractivity contribution in [1.82, 2.24) is 9.97 Å². The highest BCUT2D eigenvalue weighted by Gasteiger charge is 2.33. The maximum absolute atomic E-state index is 13.2. The van der Waals surface area contributed by atoms with E-state index in [-0.39, 0.29) is 6.61 Å². The van der Waals surface area contributed by atoms with Crippen LogP contribution in [0.4, 0.5) is 0 Å². The van der Waals surface area contributed by atoms with Crippen LogP contribution in [0.2, 0.25) is 0 Å². The number of H-pyrrole nitrogens is 1. The number of nitrogens with zero attached hydrogens (tertiary/aromatic N) is 1. The lowest BCUT2D eigenvalue weighted by Gasteiger charge is -2.21. The quantitative estimate of drug-likeness (QED) is 0.401. The highest BCUT2D eigenvalue weighted by Crippen LogP contribution is 2.31. The number of benzene rings is 3. The van der Waals surface area contributed by atoms with Crippen LogP contribution < -0.4 is 10.5 Å². The average molecular weight is 428 g/mol. The van der Waals surface area contributed by atoms with Crippen LogP contribution in [0.1, 0.15) is 28.9 Å². The molecule has 6 nitrogen and oxygen atoms in total. The van der Waals surface area contributed by atoms with Crippen molar-refractivity contribution in [2.24, 2.45) is 5.73 Å². The largest absolute Gasteiger partial charge is 0.497 e. The summed E-state index contributed by atoms with van der Waals surface area (Å²) in [6.45, 7) is 0.170. The number of carbonyl (C=O) groups excluding carboxylic acids is 1. The Balaban J connectivity index is 1.61. The lowest BCUT2D eigenvalue weighted by molar-refractivity contribution is -0.147. The van der Waals surface area contributed by atoms with Crippen LogP contribution in [0.25, 0.3) is 11.3 Å². The highest BCUT2D eigenvalue weighted by molar-refractivity contribution is 5.79. The molecule has 0 radical (unpaired) electrons. The number of aromatic amines is 1. The molecule has 0 amide bonds. The molecule has 2 atom stereocenters. The maximum atomic E-state index is 13.2. The summed E-state index contributed by atoms with van der Waals surface area (Å²) in [7, 11) is 1.62. The van der Waals surface area contributed by atoms with Crippen molar-refractivity contribution in [3.8, 4) is 17.0 Å². The van der Waals surface area contributed by atoms with Gasteiger partial charge in [0.2, 0.25) is 0 Å². The van der Waals surface area contributed by atoms with Crippen molar-refractivity contribution >= 4 is 5.97 Å². The summed E-state index contributed by atoms with van der Waals surface area (Å²) in [5.74, 6) is 0.0149. The molecule has 3 N–H and O–H groups in total. The van der Waals surface area contributed by atoms with Crippen molar-refractivity contribution in [2.45, 2.75) is 18.6 Å². The fourth-order valence-corrected chi connectivity index (χ4v) is 3.53. The number of carbonyl (C=O) groups is 1. The van der Waals surface area contributed by atoms with E-state index >= 15 is 0 Å². The summed E-state index contributed by atoms with van der Waals surface area (Å²) in [5, 5.41) is 0. The molecule has 0 aliphatic rings. The average Bonchev–Trinajstić information content (AvgIpc) is 3.33. The van der Waals surface area contributed by atoms with Crippen molar-refractivity contribution < 1.29 is 14.3 Å². The first-order chi connectivity index (χ1) is 15.7. The van der Waals surface area contributed by atoms with Gasteiger partial charge in [-0.25, -0.2) is 4.98 Å². The fourth-order valence-electron chi connectivity index (χ4n) is 3.53. The van der Waals surface area contributed by atoms with Gasteiger partial charge in [0.25, 0.3) is 0 Å². The molecule has 0 saturated carbocycles. The molecule has 4 aromatic rings. The number of nitrogens with one attached hydrogen (secondary N) is 1. The molecule has 4 rings (SSSR count). The second-order valence-corrected chi connectivity index (χ2v) is 7.42. The first-order valence-corrected chi connectivity index (χ1v) is 10.4. The van der Waals surface area contributed by atoms with Crippen LogP contribution in [0.3, 0.4) is 0 Å². The van der Waals surface area contributed by atoms with Crippen LogP contribution in [0.15, 0.2) is 91.1 Å². The number of methoxy groups -OCH3 is 1. The van der Waals surface area contributed by atoms with E-state index in [1.807, 2.05) is 84.9 Å². The summed E-state index contributed by atoms with van der Waals surface area (Å²) < 4.78 is 10.9. The molecule has 1 heterocycles.